The first kappa shape index (κ1) is 19.0. The van der Waals surface area contributed by atoms with Crippen molar-refractivity contribution in [3.8, 4) is 0 Å². The van der Waals surface area contributed by atoms with E-state index in [0.29, 0.717) is 22.8 Å². The second kappa shape index (κ2) is 8.77. The van der Waals surface area contributed by atoms with E-state index in [1.807, 2.05) is 24.3 Å². The lowest BCUT2D eigenvalue weighted by Crippen LogP contribution is -2.13. The number of carbonyl (C=O) groups is 2. The number of rotatable bonds is 6. The molecule has 0 aliphatic carbocycles. The second-order valence-corrected chi connectivity index (χ2v) is 5.99. The maximum atomic E-state index is 12.3. The van der Waals surface area contributed by atoms with E-state index in [1.165, 1.54) is 25.1 Å². The number of aromatic nitrogens is 2. The van der Waals surface area contributed by atoms with Gasteiger partial charge in [-0.2, -0.15) is 0 Å². The zero-order valence-electron chi connectivity index (χ0n) is 15.6. The van der Waals surface area contributed by atoms with Crippen LogP contribution < -0.4 is 10.6 Å². The molecule has 3 rings (SSSR count). The van der Waals surface area contributed by atoms with Crippen LogP contribution in [0.2, 0.25) is 0 Å². The van der Waals surface area contributed by atoms with E-state index in [0.717, 1.165) is 12.1 Å². The van der Waals surface area contributed by atoms with Gasteiger partial charge in [-0.15, -0.1) is 0 Å². The minimum Gasteiger partial charge on any atom is -0.465 e. The van der Waals surface area contributed by atoms with E-state index < -0.39 is 5.97 Å². The lowest BCUT2D eigenvalue weighted by Gasteiger charge is -2.08. The molecule has 2 aromatic carbocycles. The normalized spacial score (nSPS) is 10.2. The van der Waals surface area contributed by atoms with Crippen molar-refractivity contribution >= 4 is 29.2 Å². The van der Waals surface area contributed by atoms with Crippen LogP contribution in [0, 0.1) is 0 Å². The molecule has 1 heterocycles. The highest BCUT2D eigenvalue weighted by atomic mass is 16.5. The van der Waals surface area contributed by atoms with Gasteiger partial charge in [-0.3, -0.25) is 4.79 Å². The van der Waals surface area contributed by atoms with Crippen molar-refractivity contribution in [2.75, 3.05) is 17.7 Å². The summed E-state index contributed by atoms with van der Waals surface area (Å²) in [5.74, 6) is -0.369. The second-order valence-electron chi connectivity index (χ2n) is 5.99. The summed E-state index contributed by atoms with van der Waals surface area (Å²) in [6.07, 6.45) is 3.88. The number of methoxy groups -OCH3 is 1. The summed E-state index contributed by atoms with van der Waals surface area (Å²) in [5.41, 5.74) is 3.41. The summed E-state index contributed by atoms with van der Waals surface area (Å²) in [6, 6.07) is 14.4. The third kappa shape index (κ3) is 4.70. The molecule has 0 saturated heterocycles. The van der Waals surface area contributed by atoms with E-state index in [4.69, 9.17) is 0 Å². The topological polar surface area (TPSA) is 93.2 Å². The Balaban J connectivity index is 1.62. The largest absolute Gasteiger partial charge is 0.465 e. The minimum atomic E-state index is -0.432. The fraction of sp³-hybridized carbons (Fsp3) is 0.143. The van der Waals surface area contributed by atoms with Gasteiger partial charge in [-0.25, -0.2) is 14.8 Å². The number of benzene rings is 2. The number of anilines is 3. The standard InChI is InChI=1S/C21H20N4O3/c1-3-14-4-8-18(9-5-14)25-21-22-12-16(13-23-21)19(26)24-17-10-6-15(7-11-17)20(27)28-2/h4-13H,3H2,1-2H3,(H,24,26)(H,22,23,25). The highest BCUT2D eigenvalue weighted by Gasteiger charge is 2.09. The van der Waals surface area contributed by atoms with Crippen LogP contribution in [-0.4, -0.2) is 29.0 Å². The van der Waals surface area contributed by atoms with E-state index in [9.17, 15) is 9.59 Å². The van der Waals surface area contributed by atoms with E-state index in [2.05, 4.69) is 32.3 Å². The Morgan fingerprint density at radius 3 is 2.07 bits per heavy atom. The third-order valence-corrected chi connectivity index (χ3v) is 4.10. The van der Waals surface area contributed by atoms with Crippen molar-refractivity contribution in [1.29, 1.82) is 0 Å². The highest BCUT2D eigenvalue weighted by Crippen LogP contribution is 2.15. The number of nitrogens with one attached hydrogen (secondary N) is 2. The molecule has 0 aliphatic rings. The molecule has 1 aromatic heterocycles. The van der Waals surface area contributed by atoms with Crippen LogP contribution in [0.1, 0.15) is 33.2 Å². The van der Waals surface area contributed by atoms with Gasteiger partial charge in [0, 0.05) is 23.8 Å². The average molecular weight is 376 g/mol. The molecule has 0 fully saturated rings. The van der Waals surface area contributed by atoms with Crippen LogP contribution >= 0.6 is 0 Å². The molecule has 0 bridgehead atoms. The lowest BCUT2D eigenvalue weighted by atomic mass is 10.1. The molecule has 0 spiro atoms. The van der Waals surface area contributed by atoms with Crippen molar-refractivity contribution in [3.05, 3.63) is 77.6 Å². The Morgan fingerprint density at radius 2 is 1.50 bits per heavy atom. The van der Waals surface area contributed by atoms with Crippen LogP contribution in [0.5, 0.6) is 0 Å². The van der Waals surface area contributed by atoms with E-state index >= 15 is 0 Å². The molecule has 1 amide bonds. The molecule has 0 unspecified atom stereocenters. The average Bonchev–Trinajstić information content (AvgIpc) is 2.74. The summed E-state index contributed by atoms with van der Waals surface area (Å²) >= 11 is 0. The quantitative estimate of drug-likeness (QED) is 0.635. The van der Waals surface area contributed by atoms with Gasteiger partial charge in [-0.1, -0.05) is 19.1 Å². The molecule has 2 N–H and O–H groups in total. The first-order chi connectivity index (χ1) is 13.6. The third-order valence-electron chi connectivity index (χ3n) is 4.10. The fourth-order valence-electron chi connectivity index (χ4n) is 2.47. The summed E-state index contributed by atoms with van der Waals surface area (Å²) in [4.78, 5) is 32.1. The summed E-state index contributed by atoms with van der Waals surface area (Å²) in [6.45, 7) is 2.10. The smallest absolute Gasteiger partial charge is 0.337 e. The van der Waals surface area contributed by atoms with E-state index in [-0.39, 0.29) is 5.91 Å². The van der Waals surface area contributed by atoms with Gasteiger partial charge in [0.15, 0.2) is 0 Å². The summed E-state index contributed by atoms with van der Waals surface area (Å²) in [7, 11) is 1.32. The van der Waals surface area contributed by atoms with Gasteiger partial charge >= 0.3 is 5.97 Å². The molecule has 0 saturated carbocycles. The Kier molecular flexibility index (Phi) is 5.96. The maximum absolute atomic E-state index is 12.3. The van der Waals surface area contributed by atoms with Crippen LogP contribution in [0.3, 0.4) is 0 Å². The van der Waals surface area contributed by atoms with Crippen molar-refractivity contribution in [3.63, 3.8) is 0 Å². The van der Waals surface area contributed by atoms with Crippen molar-refractivity contribution in [2.45, 2.75) is 13.3 Å². The van der Waals surface area contributed by atoms with Gasteiger partial charge in [0.1, 0.15) is 0 Å². The fourth-order valence-corrected chi connectivity index (χ4v) is 2.47. The molecule has 7 heteroatoms. The zero-order valence-corrected chi connectivity index (χ0v) is 15.6. The molecule has 7 nitrogen and oxygen atoms in total. The van der Waals surface area contributed by atoms with Crippen LogP contribution in [0.4, 0.5) is 17.3 Å². The molecule has 142 valence electrons. The van der Waals surface area contributed by atoms with Crippen molar-refractivity contribution < 1.29 is 14.3 Å². The zero-order chi connectivity index (χ0) is 19.9. The molecular formula is C21H20N4O3. The first-order valence-corrected chi connectivity index (χ1v) is 8.76. The Labute approximate surface area is 162 Å². The predicted molar refractivity (Wildman–Crippen MR) is 107 cm³/mol. The first-order valence-electron chi connectivity index (χ1n) is 8.76. The van der Waals surface area contributed by atoms with Crippen LogP contribution in [0.25, 0.3) is 0 Å². The Morgan fingerprint density at radius 1 is 0.893 bits per heavy atom. The number of amides is 1. The Hall–Kier alpha value is -3.74. The van der Waals surface area contributed by atoms with Gasteiger partial charge in [0.2, 0.25) is 5.95 Å². The monoisotopic (exact) mass is 376 g/mol. The van der Waals surface area contributed by atoms with E-state index in [1.54, 1.807) is 24.3 Å². The van der Waals surface area contributed by atoms with Gasteiger partial charge in [-0.05, 0) is 48.4 Å². The lowest BCUT2D eigenvalue weighted by molar-refractivity contribution is 0.0600. The molecular weight excluding hydrogens is 356 g/mol. The number of ether oxygens (including phenoxy) is 1. The Bertz CT molecular complexity index is 952. The SMILES string of the molecule is CCc1ccc(Nc2ncc(C(=O)Nc3ccc(C(=O)OC)cc3)cn2)cc1. The van der Waals surface area contributed by atoms with Crippen LogP contribution in [0.15, 0.2) is 60.9 Å². The number of carbonyl (C=O) groups excluding carboxylic acids is 2. The number of esters is 1. The maximum Gasteiger partial charge on any atom is 0.337 e. The number of aryl methyl sites for hydroxylation is 1. The molecule has 0 radical (unpaired) electrons. The highest BCUT2D eigenvalue weighted by molar-refractivity contribution is 6.04. The minimum absolute atomic E-state index is 0.323. The predicted octanol–water partition coefficient (Wildman–Crippen LogP) is 3.82. The molecule has 28 heavy (non-hydrogen) atoms. The van der Waals surface area contributed by atoms with Gasteiger partial charge in [0.25, 0.3) is 5.91 Å². The van der Waals surface area contributed by atoms with Crippen molar-refractivity contribution in [1.82, 2.24) is 9.97 Å². The van der Waals surface area contributed by atoms with Gasteiger partial charge in [0.05, 0.1) is 18.2 Å². The number of hydrogen-bond acceptors (Lipinski definition) is 6. The summed E-state index contributed by atoms with van der Waals surface area (Å²) in [5, 5.41) is 5.83. The number of nitrogens with zero attached hydrogens (tertiary/aromatic N) is 2. The van der Waals surface area contributed by atoms with Crippen LogP contribution in [-0.2, 0) is 11.2 Å². The molecule has 0 aliphatic heterocycles. The number of hydrogen-bond donors (Lipinski definition) is 2. The van der Waals surface area contributed by atoms with Crippen molar-refractivity contribution in [2.24, 2.45) is 0 Å². The molecule has 0 atom stereocenters. The summed E-state index contributed by atoms with van der Waals surface area (Å²) < 4.78 is 4.64. The molecule has 3 aromatic rings. The van der Waals surface area contributed by atoms with Gasteiger partial charge < -0.3 is 15.4 Å².